The van der Waals surface area contributed by atoms with E-state index in [1.165, 1.54) is 6.92 Å². The number of rotatable bonds is 4. The average Bonchev–Trinajstić information content (AvgIpc) is 2.60. The molecule has 7 heteroatoms. The highest BCUT2D eigenvalue weighted by molar-refractivity contribution is 7.89. The Morgan fingerprint density at radius 1 is 1.28 bits per heavy atom. The van der Waals surface area contributed by atoms with E-state index in [0.29, 0.717) is 35.8 Å². The molecule has 0 unspecified atom stereocenters. The van der Waals surface area contributed by atoms with Gasteiger partial charge in [0, 0.05) is 38.1 Å². The average molecular weight is 361 g/mol. The van der Waals surface area contributed by atoms with Crippen molar-refractivity contribution in [2.45, 2.75) is 31.6 Å². The van der Waals surface area contributed by atoms with Gasteiger partial charge in [0.25, 0.3) is 0 Å². The Morgan fingerprint density at radius 3 is 2.68 bits per heavy atom. The summed E-state index contributed by atoms with van der Waals surface area (Å²) in [6.45, 7) is 4.99. The van der Waals surface area contributed by atoms with Crippen molar-refractivity contribution in [3.63, 3.8) is 0 Å². The highest BCUT2D eigenvalue weighted by Crippen LogP contribution is 2.29. The first-order valence-corrected chi connectivity index (χ1v) is 9.92. The molecule has 1 saturated heterocycles. The maximum absolute atomic E-state index is 13.1. The lowest BCUT2D eigenvalue weighted by molar-refractivity contribution is -0.119. The van der Waals surface area contributed by atoms with E-state index in [9.17, 15) is 13.2 Å². The Balaban J connectivity index is 1.82. The molecule has 1 aromatic heterocycles. The minimum atomic E-state index is -3.55. The first-order valence-electron chi connectivity index (χ1n) is 8.48. The normalized spacial score (nSPS) is 16.9. The topological polar surface area (TPSA) is 79.4 Å². The summed E-state index contributed by atoms with van der Waals surface area (Å²) in [4.78, 5) is 15.7. The number of nitrogens with zero attached hydrogens (tertiary/aromatic N) is 2. The summed E-state index contributed by atoms with van der Waals surface area (Å²) in [5.41, 5.74) is 1.69. The van der Waals surface area contributed by atoms with Gasteiger partial charge in [-0.2, -0.15) is 4.31 Å². The number of sulfonamides is 1. The third-order valence-electron chi connectivity index (χ3n) is 4.76. The molecule has 0 radical (unpaired) electrons. The van der Waals surface area contributed by atoms with Crippen LogP contribution in [0.25, 0.3) is 10.9 Å². The molecule has 0 saturated carbocycles. The predicted octanol–water partition coefficient (Wildman–Crippen LogP) is 2.08. The fraction of sp³-hybridized carbons (Fsp3) is 0.444. The molecule has 6 nitrogen and oxygen atoms in total. The van der Waals surface area contributed by atoms with Crippen LogP contribution in [-0.2, 0) is 14.8 Å². The molecule has 1 aliphatic heterocycles. The van der Waals surface area contributed by atoms with Crippen molar-refractivity contribution >= 4 is 26.8 Å². The van der Waals surface area contributed by atoms with Crippen LogP contribution in [-0.4, -0.2) is 43.2 Å². The molecule has 0 atom stereocenters. The number of carbonyl (C=O) groups is 1. The van der Waals surface area contributed by atoms with Crippen molar-refractivity contribution in [3.05, 3.63) is 36.0 Å². The van der Waals surface area contributed by atoms with Gasteiger partial charge in [-0.25, -0.2) is 8.42 Å². The quantitative estimate of drug-likeness (QED) is 0.904. The van der Waals surface area contributed by atoms with Gasteiger partial charge in [-0.3, -0.25) is 9.78 Å². The van der Waals surface area contributed by atoms with Gasteiger partial charge < -0.3 is 5.32 Å². The fourth-order valence-corrected chi connectivity index (χ4v) is 4.95. The third-order valence-corrected chi connectivity index (χ3v) is 6.72. The molecule has 2 heterocycles. The molecule has 0 bridgehead atoms. The molecule has 25 heavy (non-hydrogen) atoms. The third kappa shape index (κ3) is 3.67. The summed E-state index contributed by atoms with van der Waals surface area (Å²) in [6.07, 6.45) is 3.18. The Kier molecular flexibility index (Phi) is 5.06. The molecule has 2 aromatic rings. The lowest BCUT2D eigenvalue weighted by atomic mass is 9.98. The molecule has 1 N–H and O–H groups in total. The minimum absolute atomic E-state index is 0.0475. The molecular weight excluding hydrogens is 338 g/mol. The van der Waals surface area contributed by atoms with Crippen molar-refractivity contribution in [2.24, 2.45) is 5.92 Å². The number of aromatic nitrogens is 1. The van der Waals surface area contributed by atoms with Gasteiger partial charge in [0.15, 0.2) is 0 Å². The van der Waals surface area contributed by atoms with Crippen molar-refractivity contribution in [1.29, 1.82) is 0 Å². The smallest absolute Gasteiger partial charge is 0.243 e. The van der Waals surface area contributed by atoms with Gasteiger partial charge in [-0.15, -0.1) is 0 Å². The Bertz CT molecular complexity index is 888. The molecule has 1 aliphatic rings. The van der Waals surface area contributed by atoms with E-state index < -0.39 is 10.0 Å². The second-order valence-electron chi connectivity index (χ2n) is 6.56. The molecule has 3 rings (SSSR count). The predicted molar refractivity (Wildman–Crippen MR) is 96.6 cm³/mol. The van der Waals surface area contributed by atoms with Crippen LogP contribution in [0.2, 0.25) is 0 Å². The summed E-state index contributed by atoms with van der Waals surface area (Å²) in [7, 11) is -3.55. The number of hydrogen-bond donors (Lipinski definition) is 1. The van der Waals surface area contributed by atoms with Crippen molar-refractivity contribution in [3.8, 4) is 0 Å². The van der Waals surface area contributed by atoms with E-state index in [2.05, 4.69) is 10.3 Å². The number of aryl methyl sites for hydroxylation is 1. The van der Waals surface area contributed by atoms with Crippen LogP contribution in [0.4, 0.5) is 0 Å². The Morgan fingerprint density at radius 2 is 2.00 bits per heavy atom. The zero-order valence-corrected chi connectivity index (χ0v) is 15.3. The van der Waals surface area contributed by atoms with Crippen LogP contribution >= 0.6 is 0 Å². The number of hydrogen-bond acceptors (Lipinski definition) is 4. The summed E-state index contributed by atoms with van der Waals surface area (Å²) >= 11 is 0. The standard InChI is InChI=1S/C18H23N3O3S/c1-13-5-6-17(16-4-3-9-19-18(13)16)25(23,24)21-10-7-15(8-11-21)12-20-14(2)22/h3-6,9,15H,7-8,10-12H2,1-2H3,(H,20,22). The van der Waals surface area contributed by atoms with Crippen LogP contribution < -0.4 is 5.32 Å². The second kappa shape index (κ2) is 7.09. The van der Waals surface area contributed by atoms with Gasteiger partial charge in [0.05, 0.1) is 10.4 Å². The van der Waals surface area contributed by atoms with Crippen LogP contribution in [0.1, 0.15) is 25.3 Å². The highest BCUT2D eigenvalue weighted by atomic mass is 32.2. The number of carbonyl (C=O) groups excluding carboxylic acids is 1. The van der Waals surface area contributed by atoms with E-state index in [0.717, 1.165) is 23.9 Å². The summed E-state index contributed by atoms with van der Waals surface area (Å²) in [6, 6.07) is 7.07. The number of nitrogens with one attached hydrogen (secondary N) is 1. The summed E-state index contributed by atoms with van der Waals surface area (Å²) in [5, 5.41) is 3.49. The molecule has 0 aliphatic carbocycles. The van der Waals surface area contributed by atoms with Crippen LogP contribution in [0.15, 0.2) is 35.4 Å². The molecule has 1 fully saturated rings. The van der Waals surface area contributed by atoms with Crippen molar-refractivity contribution < 1.29 is 13.2 Å². The van der Waals surface area contributed by atoms with Gasteiger partial charge in [0.1, 0.15) is 0 Å². The van der Waals surface area contributed by atoms with Crippen LogP contribution in [0, 0.1) is 12.8 Å². The van der Waals surface area contributed by atoms with E-state index in [1.54, 1.807) is 22.6 Å². The SMILES string of the molecule is CC(=O)NCC1CCN(S(=O)(=O)c2ccc(C)c3ncccc23)CC1. The second-order valence-corrected chi connectivity index (χ2v) is 8.47. The Hall–Kier alpha value is -1.99. The van der Waals surface area contributed by atoms with Crippen molar-refractivity contribution in [1.82, 2.24) is 14.6 Å². The summed E-state index contributed by atoms with van der Waals surface area (Å²) in [5.74, 6) is 0.278. The number of piperidine rings is 1. The zero-order valence-electron chi connectivity index (χ0n) is 14.5. The number of benzene rings is 1. The van der Waals surface area contributed by atoms with Crippen LogP contribution in [0.5, 0.6) is 0 Å². The van der Waals surface area contributed by atoms with Crippen LogP contribution in [0.3, 0.4) is 0 Å². The van der Waals surface area contributed by atoms with Gasteiger partial charge in [-0.1, -0.05) is 6.07 Å². The monoisotopic (exact) mass is 361 g/mol. The lowest BCUT2D eigenvalue weighted by Gasteiger charge is -2.31. The molecule has 0 spiro atoms. The molecular formula is C18H23N3O3S. The van der Waals surface area contributed by atoms with Gasteiger partial charge in [-0.05, 0) is 49.4 Å². The van der Waals surface area contributed by atoms with Crippen molar-refractivity contribution in [2.75, 3.05) is 19.6 Å². The molecule has 1 aromatic carbocycles. The molecule has 134 valence electrons. The number of amides is 1. The maximum atomic E-state index is 13.1. The first-order chi connectivity index (χ1) is 11.9. The maximum Gasteiger partial charge on any atom is 0.243 e. The van der Waals surface area contributed by atoms with E-state index in [1.807, 2.05) is 19.1 Å². The minimum Gasteiger partial charge on any atom is -0.356 e. The first kappa shape index (κ1) is 17.8. The summed E-state index contributed by atoms with van der Waals surface area (Å²) < 4.78 is 27.8. The number of fused-ring (bicyclic) bond motifs is 1. The van der Waals surface area contributed by atoms with Gasteiger partial charge >= 0.3 is 0 Å². The van der Waals surface area contributed by atoms with E-state index >= 15 is 0 Å². The lowest BCUT2D eigenvalue weighted by Crippen LogP contribution is -2.41. The fourth-order valence-electron chi connectivity index (χ4n) is 3.29. The highest BCUT2D eigenvalue weighted by Gasteiger charge is 2.30. The van der Waals surface area contributed by atoms with E-state index in [4.69, 9.17) is 0 Å². The Labute approximate surface area is 148 Å². The largest absolute Gasteiger partial charge is 0.356 e. The number of pyridine rings is 1. The van der Waals surface area contributed by atoms with Gasteiger partial charge in [0.2, 0.25) is 15.9 Å². The molecule has 1 amide bonds. The van der Waals surface area contributed by atoms with E-state index in [-0.39, 0.29) is 5.91 Å². The zero-order chi connectivity index (χ0) is 18.0.